The minimum absolute atomic E-state index is 0.324. The molecule has 0 aromatic carbocycles. The second kappa shape index (κ2) is 6.47. The molecule has 0 saturated heterocycles. The summed E-state index contributed by atoms with van der Waals surface area (Å²) in [7, 11) is 0. The molecule has 0 N–H and O–H groups in total. The van der Waals surface area contributed by atoms with Crippen molar-refractivity contribution in [2.24, 2.45) is 0 Å². The molecule has 0 atom stereocenters. The minimum atomic E-state index is -0.407. The van der Waals surface area contributed by atoms with Crippen LogP contribution in [0.15, 0.2) is 18.7 Å². The maximum absolute atomic E-state index is 11.6. The van der Waals surface area contributed by atoms with Gasteiger partial charge in [0.2, 0.25) is 0 Å². The van der Waals surface area contributed by atoms with E-state index in [-0.39, 0.29) is 0 Å². The van der Waals surface area contributed by atoms with E-state index in [1.165, 1.54) is 17.2 Å². The average Bonchev–Trinajstić information content (AvgIpc) is 2.91. The molecule has 7 heteroatoms. The Morgan fingerprint density at radius 3 is 2.90 bits per heavy atom. The third-order valence-corrected chi connectivity index (χ3v) is 3.01. The van der Waals surface area contributed by atoms with E-state index in [1.54, 1.807) is 13.1 Å². The van der Waals surface area contributed by atoms with Gasteiger partial charge in [-0.25, -0.2) is 19.4 Å². The summed E-state index contributed by atoms with van der Waals surface area (Å²) >= 11 is 6.09. The van der Waals surface area contributed by atoms with Gasteiger partial charge in [-0.2, -0.15) is 5.10 Å². The molecule has 2 aromatic heterocycles. The highest BCUT2D eigenvalue weighted by atomic mass is 35.5. The zero-order chi connectivity index (χ0) is 14.5. The van der Waals surface area contributed by atoms with Crippen molar-refractivity contribution in [2.45, 2.75) is 26.7 Å². The van der Waals surface area contributed by atoms with Crippen LogP contribution >= 0.6 is 11.6 Å². The third-order valence-electron chi connectivity index (χ3n) is 2.68. The number of aromatic nitrogens is 4. The first-order valence-corrected chi connectivity index (χ1v) is 6.76. The van der Waals surface area contributed by atoms with Crippen LogP contribution in [0.25, 0.3) is 5.82 Å². The van der Waals surface area contributed by atoms with Gasteiger partial charge in [0, 0.05) is 11.8 Å². The van der Waals surface area contributed by atoms with Crippen LogP contribution in [0.2, 0.25) is 5.15 Å². The molecule has 0 spiro atoms. The summed E-state index contributed by atoms with van der Waals surface area (Å²) < 4.78 is 6.45. The van der Waals surface area contributed by atoms with Crippen molar-refractivity contribution in [1.82, 2.24) is 19.7 Å². The topological polar surface area (TPSA) is 69.9 Å². The fourth-order valence-corrected chi connectivity index (χ4v) is 2.03. The predicted octanol–water partition coefficient (Wildman–Crippen LogP) is 2.44. The van der Waals surface area contributed by atoms with Gasteiger partial charge in [0.15, 0.2) is 5.82 Å². The Bertz CT molecular complexity index is 612. The van der Waals surface area contributed by atoms with E-state index in [0.29, 0.717) is 23.1 Å². The summed E-state index contributed by atoms with van der Waals surface area (Å²) in [6.07, 6.45) is 6.05. The van der Waals surface area contributed by atoms with Gasteiger partial charge in [0.1, 0.15) is 11.5 Å². The molecule has 2 rings (SSSR count). The summed E-state index contributed by atoms with van der Waals surface area (Å²) in [5.74, 6) is 0.179. The predicted molar refractivity (Wildman–Crippen MR) is 74.1 cm³/mol. The first-order valence-electron chi connectivity index (χ1n) is 6.38. The molecular formula is C13H15ClN4O2. The number of rotatable bonds is 5. The summed E-state index contributed by atoms with van der Waals surface area (Å²) in [6.45, 7) is 4.12. The number of carbonyl (C=O) groups is 1. The summed E-state index contributed by atoms with van der Waals surface area (Å²) in [4.78, 5) is 19.8. The summed E-state index contributed by atoms with van der Waals surface area (Å²) in [5, 5.41) is 4.55. The van der Waals surface area contributed by atoms with Crippen LogP contribution in [0.4, 0.5) is 0 Å². The highest BCUT2D eigenvalue weighted by molar-refractivity contribution is 6.30. The van der Waals surface area contributed by atoms with Gasteiger partial charge >= 0.3 is 5.97 Å². The van der Waals surface area contributed by atoms with Crippen LogP contribution in [0, 0.1) is 0 Å². The maximum Gasteiger partial charge on any atom is 0.341 e. The van der Waals surface area contributed by atoms with Gasteiger partial charge in [0.25, 0.3) is 0 Å². The molecule has 0 bridgehead atoms. The normalized spacial score (nSPS) is 10.6. The number of esters is 1. The standard InChI is InChI=1S/C13H15ClN4O2/c1-3-5-10-11(14)15-8-16-12(10)18-7-9(6-17-18)13(19)20-4-2/h6-8H,3-5H2,1-2H3. The van der Waals surface area contributed by atoms with Gasteiger partial charge in [-0.3, -0.25) is 0 Å². The van der Waals surface area contributed by atoms with Crippen LogP contribution in [-0.4, -0.2) is 32.3 Å². The lowest BCUT2D eigenvalue weighted by molar-refractivity contribution is 0.0526. The van der Waals surface area contributed by atoms with Crippen molar-refractivity contribution in [3.63, 3.8) is 0 Å². The number of ether oxygens (including phenoxy) is 1. The van der Waals surface area contributed by atoms with E-state index >= 15 is 0 Å². The van der Waals surface area contributed by atoms with Crippen molar-refractivity contribution < 1.29 is 9.53 Å². The van der Waals surface area contributed by atoms with Crippen molar-refractivity contribution in [1.29, 1.82) is 0 Å². The molecule has 20 heavy (non-hydrogen) atoms. The molecule has 0 aliphatic carbocycles. The fraction of sp³-hybridized carbons (Fsp3) is 0.385. The zero-order valence-electron chi connectivity index (χ0n) is 11.3. The average molecular weight is 295 g/mol. The van der Waals surface area contributed by atoms with Gasteiger partial charge in [-0.05, 0) is 13.3 Å². The summed E-state index contributed by atoms with van der Waals surface area (Å²) in [5.41, 5.74) is 1.19. The molecule has 106 valence electrons. The van der Waals surface area contributed by atoms with Gasteiger partial charge in [0.05, 0.1) is 18.4 Å². The van der Waals surface area contributed by atoms with Crippen molar-refractivity contribution in [3.05, 3.63) is 35.0 Å². The molecule has 0 fully saturated rings. The molecule has 0 radical (unpaired) electrons. The van der Waals surface area contributed by atoms with E-state index in [0.717, 1.165) is 18.4 Å². The molecular weight excluding hydrogens is 280 g/mol. The number of hydrogen-bond donors (Lipinski definition) is 0. The van der Waals surface area contributed by atoms with E-state index < -0.39 is 5.97 Å². The van der Waals surface area contributed by atoms with E-state index in [4.69, 9.17) is 16.3 Å². The molecule has 0 aliphatic heterocycles. The first kappa shape index (κ1) is 14.5. The molecule has 0 saturated carbocycles. The first-order chi connectivity index (χ1) is 9.67. The maximum atomic E-state index is 11.6. The number of nitrogens with zero attached hydrogens (tertiary/aromatic N) is 4. The minimum Gasteiger partial charge on any atom is -0.462 e. The molecule has 2 heterocycles. The second-order valence-corrected chi connectivity index (χ2v) is 4.47. The quantitative estimate of drug-likeness (QED) is 0.626. The van der Waals surface area contributed by atoms with E-state index in [2.05, 4.69) is 15.1 Å². The zero-order valence-corrected chi connectivity index (χ0v) is 12.1. The summed E-state index contributed by atoms with van der Waals surface area (Å²) in [6, 6.07) is 0. The smallest absolute Gasteiger partial charge is 0.341 e. The third kappa shape index (κ3) is 2.96. The lowest BCUT2D eigenvalue weighted by Crippen LogP contribution is -2.06. The Kier molecular flexibility index (Phi) is 4.68. The monoisotopic (exact) mass is 294 g/mol. The Morgan fingerprint density at radius 2 is 2.20 bits per heavy atom. The highest BCUT2D eigenvalue weighted by Crippen LogP contribution is 2.20. The van der Waals surface area contributed by atoms with Crippen LogP contribution in [-0.2, 0) is 11.2 Å². The largest absolute Gasteiger partial charge is 0.462 e. The van der Waals surface area contributed by atoms with Crippen molar-refractivity contribution in [3.8, 4) is 5.82 Å². The second-order valence-electron chi connectivity index (χ2n) is 4.11. The lowest BCUT2D eigenvalue weighted by Gasteiger charge is -2.08. The molecule has 2 aromatic rings. The van der Waals surface area contributed by atoms with Crippen LogP contribution in [0.3, 0.4) is 0 Å². The Balaban J connectivity index is 2.37. The van der Waals surface area contributed by atoms with Crippen molar-refractivity contribution >= 4 is 17.6 Å². The molecule has 0 amide bonds. The van der Waals surface area contributed by atoms with E-state index in [1.807, 2.05) is 6.92 Å². The molecule has 6 nitrogen and oxygen atoms in total. The van der Waals surface area contributed by atoms with Crippen molar-refractivity contribution in [2.75, 3.05) is 6.61 Å². The molecule has 0 aliphatic rings. The number of hydrogen-bond acceptors (Lipinski definition) is 5. The van der Waals surface area contributed by atoms with Crippen LogP contribution in [0.5, 0.6) is 0 Å². The van der Waals surface area contributed by atoms with Gasteiger partial charge < -0.3 is 4.74 Å². The van der Waals surface area contributed by atoms with Crippen LogP contribution < -0.4 is 0 Å². The highest BCUT2D eigenvalue weighted by Gasteiger charge is 2.15. The fourth-order valence-electron chi connectivity index (χ4n) is 1.80. The Labute approximate surface area is 121 Å². The van der Waals surface area contributed by atoms with E-state index in [9.17, 15) is 4.79 Å². The van der Waals surface area contributed by atoms with Gasteiger partial charge in [-0.1, -0.05) is 24.9 Å². The SMILES string of the molecule is CCCc1c(Cl)ncnc1-n1cc(C(=O)OCC)cn1. The van der Waals surface area contributed by atoms with Gasteiger partial charge in [-0.15, -0.1) is 0 Å². The Hall–Kier alpha value is -1.95. The Morgan fingerprint density at radius 1 is 1.40 bits per heavy atom. The van der Waals surface area contributed by atoms with Crippen LogP contribution in [0.1, 0.15) is 36.2 Å². The lowest BCUT2D eigenvalue weighted by atomic mass is 10.2. The number of carbonyl (C=O) groups excluding carboxylic acids is 1. The molecule has 0 unspecified atom stereocenters. The number of halogens is 1.